The summed E-state index contributed by atoms with van der Waals surface area (Å²) in [6.45, 7) is 10.2. The van der Waals surface area contributed by atoms with Gasteiger partial charge in [-0.25, -0.2) is 8.78 Å². The van der Waals surface area contributed by atoms with Crippen molar-refractivity contribution in [3.8, 4) is 5.75 Å². The van der Waals surface area contributed by atoms with Crippen molar-refractivity contribution in [2.24, 2.45) is 0 Å². The van der Waals surface area contributed by atoms with Gasteiger partial charge in [-0.2, -0.15) is 0 Å². The van der Waals surface area contributed by atoms with Gasteiger partial charge in [0.05, 0.1) is 12.6 Å². The lowest BCUT2D eigenvalue weighted by atomic mass is 9.95. The van der Waals surface area contributed by atoms with Gasteiger partial charge in [0.1, 0.15) is 11.6 Å². The van der Waals surface area contributed by atoms with E-state index in [9.17, 15) is 13.6 Å². The molecule has 1 heterocycles. The summed E-state index contributed by atoms with van der Waals surface area (Å²) >= 11 is 0. The van der Waals surface area contributed by atoms with Crippen molar-refractivity contribution in [1.82, 2.24) is 9.80 Å². The zero-order chi connectivity index (χ0) is 27.1. The second-order valence-electron chi connectivity index (χ2n) is 10.3. The third kappa shape index (κ3) is 6.86. The Labute approximate surface area is 224 Å². The fourth-order valence-corrected chi connectivity index (χ4v) is 4.98. The minimum atomic E-state index is -0.578. The molecule has 1 saturated heterocycles. The van der Waals surface area contributed by atoms with Crippen LogP contribution < -0.4 is 10.2 Å². The van der Waals surface area contributed by atoms with Crippen LogP contribution in [0, 0.1) is 11.6 Å². The first-order chi connectivity index (χ1) is 18.4. The molecule has 1 atom stereocenters. The molecule has 0 N–H and O–H groups in total. The molecule has 0 spiro atoms. The van der Waals surface area contributed by atoms with Crippen LogP contribution in [-0.2, 0) is 6.54 Å². The molecule has 0 bridgehead atoms. The lowest BCUT2D eigenvalue weighted by Crippen LogP contribution is -2.47. The molecular weight excluding hydrogens is 482 g/mol. The molecule has 0 saturated carbocycles. The SMILES string of the molecule is CCCCOc1cc(C(C)C)ccc(CN2CCN(C(c3ccccc3)c3ccc(F)cc3F)CC2)c1=O. The monoisotopic (exact) mass is 520 g/mol. The van der Waals surface area contributed by atoms with Crippen LogP contribution in [0.3, 0.4) is 0 Å². The second-order valence-corrected chi connectivity index (χ2v) is 10.3. The van der Waals surface area contributed by atoms with E-state index in [-0.39, 0.29) is 17.4 Å². The number of nitrogens with zero attached hydrogens (tertiary/aromatic N) is 2. The van der Waals surface area contributed by atoms with E-state index in [4.69, 9.17) is 4.74 Å². The summed E-state index contributed by atoms with van der Waals surface area (Å²) in [4.78, 5) is 17.9. The van der Waals surface area contributed by atoms with Crippen molar-refractivity contribution >= 4 is 0 Å². The Balaban J connectivity index is 1.53. The fourth-order valence-electron chi connectivity index (χ4n) is 4.98. The molecule has 38 heavy (non-hydrogen) atoms. The smallest absolute Gasteiger partial charge is 0.224 e. The summed E-state index contributed by atoms with van der Waals surface area (Å²) < 4.78 is 34.5. The second kappa shape index (κ2) is 13.1. The highest BCUT2D eigenvalue weighted by atomic mass is 19.1. The molecule has 6 heteroatoms. The molecular formula is C32H38F2N2O2. The van der Waals surface area contributed by atoms with Crippen molar-refractivity contribution in [3.63, 3.8) is 0 Å². The number of unbranched alkanes of at least 4 members (excludes halogenated alkanes) is 1. The standard InChI is InChI=1S/C32H38F2N2O2/c1-4-5-19-38-30-20-25(23(2)3)11-12-26(32(30)37)22-35-15-17-36(18-16-35)31(24-9-7-6-8-10-24)28-14-13-27(33)21-29(28)34/h6-14,20-21,23,31H,4-5,15-19,22H2,1-3H3. The van der Waals surface area contributed by atoms with Crippen LogP contribution in [0.2, 0.25) is 0 Å². The molecule has 1 fully saturated rings. The molecule has 4 nitrogen and oxygen atoms in total. The maximum Gasteiger partial charge on any atom is 0.224 e. The largest absolute Gasteiger partial charge is 0.489 e. The average molecular weight is 521 g/mol. The van der Waals surface area contributed by atoms with Gasteiger partial charge in [-0.1, -0.05) is 75.7 Å². The van der Waals surface area contributed by atoms with Gasteiger partial charge in [-0.3, -0.25) is 14.6 Å². The molecule has 1 unspecified atom stereocenters. The van der Waals surface area contributed by atoms with E-state index in [1.165, 1.54) is 6.07 Å². The van der Waals surface area contributed by atoms with Crippen molar-refractivity contribution in [2.45, 2.75) is 52.1 Å². The van der Waals surface area contributed by atoms with Gasteiger partial charge in [0.15, 0.2) is 5.75 Å². The summed E-state index contributed by atoms with van der Waals surface area (Å²) in [5.74, 6) is -0.401. The summed E-state index contributed by atoms with van der Waals surface area (Å²) in [7, 11) is 0. The summed E-state index contributed by atoms with van der Waals surface area (Å²) in [5, 5.41) is 0. The first kappa shape index (κ1) is 27.9. The number of hydrogen-bond donors (Lipinski definition) is 0. The van der Waals surface area contributed by atoms with Crippen LogP contribution in [0.15, 0.2) is 71.5 Å². The molecule has 0 radical (unpaired) electrons. The number of hydrogen-bond acceptors (Lipinski definition) is 4. The molecule has 3 aromatic rings. The van der Waals surface area contributed by atoms with E-state index in [0.29, 0.717) is 37.6 Å². The predicted octanol–water partition coefficient (Wildman–Crippen LogP) is 6.53. The van der Waals surface area contributed by atoms with Crippen molar-refractivity contribution in [3.05, 3.63) is 111 Å². The molecule has 3 aromatic carbocycles. The first-order valence-corrected chi connectivity index (χ1v) is 13.6. The van der Waals surface area contributed by atoms with Gasteiger partial charge in [0.2, 0.25) is 5.43 Å². The molecule has 0 aromatic heterocycles. The number of ether oxygens (including phenoxy) is 1. The van der Waals surface area contributed by atoms with E-state index < -0.39 is 11.6 Å². The number of benzene rings is 2. The van der Waals surface area contributed by atoms with Crippen LogP contribution in [-0.4, -0.2) is 42.6 Å². The van der Waals surface area contributed by atoms with Crippen LogP contribution in [0.25, 0.3) is 0 Å². The maximum absolute atomic E-state index is 14.9. The van der Waals surface area contributed by atoms with Crippen molar-refractivity contribution in [1.29, 1.82) is 0 Å². The minimum Gasteiger partial charge on any atom is -0.489 e. The highest BCUT2D eigenvalue weighted by molar-refractivity contribution is 5.35. The molecule has 1 aliphatic rings. The quantitative estimate of drug-likeness (QED) is 0.285. The van der Waals surface area contributed by atoms with Crippen LogP contribution in [0.5, 0.6) is 5.75 Å². The van der Waals surface area contributed by atoms with E-state index >= 15 is 0 Å². The normalized spacial score (nSPS) is 15.5. The number of rotatable bonds is 10. The zero-order valence-electron chi connectivity index (χ0n) is 22.6. The molecule has 0 aliphatic carbocycles. The van der Waals surface area contributed by atoms with Gasteiger partial charge in [-0.15, -0.1) is 0 Å². The summed E-state index contributed by atoms with van der Waals surface area (Å²) in [6.07, 6.45) is 1.91. The third-order valence-corrected chi connectivity index (χ3v) is 7.25. The Bertz CT molecular complexity index is 1260. The fraction of sp³-hybridized carbons (Fsp3) is 0.406. The summed E-state index contributed by atoms with van der Waals surface area (Å²) in [5.41, 5.74) is 3.19. The van der Waals surface area contributed by atoms with Gasteiger partial charge in [0, 0.05) is 49.9 Å². The zero-order valence-corrected chi connectivity index (χ0v) is 22.6. The van der Waals surface area contributed by atoms with Crippen LogP contribution in [0.1, 0.15) is 67.8 Å². The first-order valence-electron chi connectivity index (χ1n) is 13.6. The van der Waals surface area contributed by atoms with E-state index in [1.54, 1.807) is 6.07 Å². The van der Waals surface area contributed by atoms with Crippen LogP contribution in [0.4, 0.5) is 8.78 Å². The predicted molar refractivity (Wildman–Crippen MR) is 149 cm³/mol. The number of piperazine rings is 1. The Kier molecular flexibility index (Phi) is 9.64. The highest BCUT2D eigenvalue weighted by Gasteiger charge is 2.29. The third-order valence-electron chi connectivity index (χ3n) is 7.25. The van der Waals surface area contributed by atoms with E-state index in [1.807, 2.05) is 48.5 Å². The van der Waals surface area contributed by atoms with E-state index in [2.05, 4.69) is 30.6 Å². The topological polar surface area (TPSA) is 32.8 Å². The molecule has 202 valence electrons. The Hall–Kier alpha value is -3.09. The van der Waals surface area contributed by atoms with Gasteiger partial charge >= 0.3 is 0 Å². The van der Waals surface area contributed by atoms with Gasteiger partial charge in [-0.05, 0) is 35.6 Å². The van der Waals surface area contributed by atoms with Gasteiger partial charge in [0.25, 0.3) is 0 Å². The summed E-state index contributed by atoms with van der Waals surface area (Å²) in [6, 6.07) is 19.2. The lowest BCUT2D eigenvalue weighted by molar-refractivity contribution is 0.103. The Morgan fingerprint density at radius 1 is 0.895 bits per heavy atom. The Morgan fingerprint density at radius 3 is 2.29 bits per heavy atom. The molecule has 0 amide bonds. The van der Waals surface area contributed by atoms with Gasteiger partial charge < -0.3 is 4.74 Å². The van der Waals surface area contributed by atoms with Crippen molar-refractivity contribution < 1.29 is 13.5 Å². The minimum absolute atomic E-state index is 0.0500. The maximum atomic E-state index is 14.9. The lowest BCUT2D eigenvalue weighted by Gasteiger charge is -2.39. The average Bonchev–Trinajstić information content (AvgIpc) is 3.06. The van der Waals surface area contributed by atoms with E-state index in [0.717, 1.165) is 48.7 Å². The van der Waals surface area contributed by atoms with Crippen LogP contribution >= 0.6 is 0 Å². The number of halogens is 2. The Morgan fingerprint density at radius 2 is 1.63 bits per heavy atom. The highest BCUT2D eigenvalue weighted by Crippen LogP contribution is 2.32. The molecule has 4 rings (SSSR count). The van der Waals surface area contributed by atoms with Crippen molar-refractivity contribution in [2.75, 3.05) is 32.8 Å². The molecule has 1 aliphatic heterocycles.